The van der Waals surface area contributed by atoms with E-state index in [0.29, 0.717) is 5.25 Å². The van der Waals surface area contributed by atoms with Crippen LogP contribution in [0.3, 0.4) is 0 Å². The van der Waals surface area contributed by atoms with Gasteiger partial charge in [-0.05, 0) is 86.9 Å². The Kier molecular flexibility index (Phi) is 8.98. The standard InChI is InChI=1S/C23H29NO2S.C4H10O/c1-14(2)27-24-11-10-19-16(4)20(12-22(25)26)23(17(5)21(19)13-24)18-8-6-15(3)7-9-18;1-4(2,3)5/h6-9,14H,10-13H2,1-5H3,(H,25,26);5H,1-3H3. The lowest BCUT2D eigenvalue weighted by molar-refractivity contribution is -0.136. The molecule has 0 aliphatic carbocycles. The van der Waals surface area contributed by atoms with Crippen LogP contribution in [0.4, 0.5) is 0 Å². The molecule has 1 aliphatic heterocycles. The molecule has 1 heterocycles. The number of hydrogen-bond acceptors (Lipinski definition) is 4. The van der Waals surface area contributed by atoms with Gasteiger partial charge < -0.3 is 10.2 Å². The number of nitrogens with zero attached hydrogens (tertiary/aromatic N) is 1. The van der Waals surface area contributed by atoms with E-state index in [2.05, 4.69) is 63.2 Å². The van der Waals surface area contributed by atoms with E-state index in [1.165, 1.54) is 27.8 Å². The van der Waals surface area contributed by atoms with Gasteiger partial charge in [0.05, 0.1) is 12.0 Å². The Bertz CT molecular complexity index is 937. The summed E-state index contributed by atoms with van der Waals surface area (Å²) in [6, 6.07) is 8.46. The van der Waals surface area contributed by atoms with Gasteiger partial charge in [0.2, 0.25) is 0 Å². The fourth-order valence-electron chi connectivity index (χ4n) is 4.12. The zero-order valence-corrected chi connectivity index (χ0v) is 21.7. The molecule has 2 aromatic rings. The third-order valence-corrected chi connectivity index (χ3v) is 6.40. The molecule has 0 unspecified atom stereocenters. The van der Waals surface area contributed by atoms with Crippen molar-refractivity contribution in [2.24, 2.45) is 0 Å². The molecule has 2 aromatic carbocycles. The van der Waals surface area contributed by atoms with Crippen molar-refractivity contribution in [1.82, 2.24) is 4.31 Å². The molecular weight excluding hydrogens is 418 g/mol. The lowest BCUT2D eigenvalue weighted by atomic mass is 9.81. The molecule has 0 spiro atoms. The van der Waals surface area contributed by atoms with E-state index in [1.54, 1.807) is 20.8 Å². The molecule has 4 nitrogen and oxygen atoms in total. The summed E-state index contributed by atoms with van der Waals surface area (Å²) in [5.41, 5.74) is 9.08. The Morgan fingerprint density at radius 3 is 2.12 bits per heavy atom. The monoisotopic (exact) mass is 457 g/mol. The van der Waals surface area contributed by atoms with Crippen LogP contribution in [0.15, 0.2) is 24.3 Å². The molecule has 0 bridgehead atoms. The summed E-state index contributed by atoms with van der Waals surface area (Å²) < 4.78 is 2.45. The first-order valence-corrected chi connectivity index (χ1v) is 12.2. The molecule has 2 N–H and O–H groups in total. The van der Waals surface area contributed by atoms with Crippen molar-refractivity contribution in [2.75, 3.05) is 6.54 Å². The predicted molar refractivity (Wildman–Crippen MR) is 136 cm³/mol. The highest BCUT2D eigenvalue weighted by Crippen LogP contribution is 2.39. The summed E-state index contributed by atoms with van der Waals surface area (Å²) in [7, 11) is 0. The van der Waals surface area contributed by atoms with Crippen LogP contribution < -0.4 is 0 Å². The van der Waals surface area contributed by atoms with Crippen molar-refractivity contribution >= 4 is 17.9 Å². The zero-order valence-electron chi connectivity index (χ0n) is 20.9. The molecule has 5 heteroatoms. The van der Waals surface area contributed by atoms with Gasteiger partial charge in [-0.3, -0.25) is 4.79 Å². The molecule has 3 rings (SSSR count). The summed E-state index contributed by atoms with van der Waals surface area (Å²) in [5.74, 6) is -0.765. The SMILES string of the molecule is CC(C)(C)O.Cc1ccc(-c2c(C)c3c(c(C)c2CC(=O)O)CCN(SC(C)C)C3)cc1. The number of carboxylic acid groups (broad SMARTS) is 1. The second kappa shape index (κ2) is 10.9. The Morgan fingerprint density at radius 2 is 1.62 bits per heavy atom. The summed E-state index contributed by atoms with van der Waals surface area (Å²) in [5, 5.41) is 18.6. The number of carboxylic acids is 1. The van der Waals surface area contributed by atoms with Crippen LogP contribution in [0, 0.1) is 20.8 Å². The van der Waals surface area contributed by atoms with Gasteiger partial charge in [-0.1, -0.05) is 55.6 Å². The van der Waals surface area contributed by atoms with Crippen molar-refractivity contribution in [3.8, 4) is 11.1 Å². The van der Waals surface area contributed by atoms with Gasteiger partial charge in [-0.2, -0.15) is 0 Å². The second-order valence-electron chi connectivity index (χ2n) is 9.94. The smallest absolute Gasteiger partial charge is 0.307 e. The number of fused-ring (bicyclic) bond motifs is 1. The highest BCUT2D eigenvalue weighted by Gasteiger charge is 2.26. The number of benzene rings is 2. The van der Waals surface area contributed by atoms with Crippen LogP contribution in [-0.4, -0.2) is 37.9 Å². The van der Waals surface area contributed by atoms with Crippen LogP contribution in [0.25, 0.3) is 11.1 Å². The van der Waals surface area contributed by atoms with Crippen molar-refractivity contribution < 1.29 is 15.0 Å². The highest BCUT2D eigenvalue weighted by atomic mass is 32.2. The predicted octanol–water partition coefficient (Wildman–Crippen LogP) is 6.10. The van der Waals surface area contributed by atoms with Gasteiger partial charge in [0.1, 0.15) is 0 Å². The maximum atomic E-state index is 11.6. The minimum Gasteiger partial charge on any atom is -0.481 e. The van der Waals surface area contributed by atoms with Gasteiger partial charge >= 0.3 is 5.97 Å². The van der Waals surface area contributed by atoms with E-state index in [-0.39, 0.29) is 6.42 Å². The average Bonchev–Trinajstić information content (AvgIpc) is 2.65. The molecular formula is C27H39NO3S. The molecule has 0 atom stereocenters. The fourth-order valence-corrected chi connectivity index (χ4v) is 5.11. The number of hydrogen-bond donors (Lipinski definition) is 2. The van der Waals surface area contributed by atoms with Gasteiger partial charge in [-0.15, -0.1) is 0 Å². The quantitative estimate of drug-likeness (QED) is 0.531. The lowest BCUT2D eigenvalue weighted by Gasteiger charge is -2.33. The summed E-state index contributed by atoms with van der Waals surface area (Å²) in [6.07, 6.45) is 1.07. The summed E-state index contributed by atoms with van der Waals surface area (Å²) in [4.78, 5) is 11.6. The average molecular weight is 458 g/mol. The minimum atomic E-state index is -0.765. The lowest BCUT2D eigenvalue weighted by Crippen LogP contribution is -2.28. The number of carbonyl (C=O) groups is 1. The van der Waals surface area contributed by atoms with E-state index in [4.69, 9.17) is 5.11 Å². The molecule has 0 fully saturated rings. The third-order valence-electron chi connectivity index (χ3n) is 5.37. The maximum absolute atomic E-state index is 11.6. The molecule has 0 aromatic heterocycles. The van der Waals surface area contributed by atoms with E-state index < -0.39 is 11.6 Å². The van der Waals surface area contributed by atoms with E-state index in [0.717, 1.165) is 36.2 Å². The molecule has 0 amide bonds. The molecule has 176 valence electrons. The maximum Gasteiger partial charge on any atom is 0.307 e. The van der Waals surface area contributed by atoms with E-state index >= 15 is 0 Å². The Balaban J connectivity index is 0.000000654. The first-order valence-electron chi connectivity index (χ1n) is 11.3. The van der Waals surface area contributed by atoms with Crippen LogP contribution in [-0.2, 0) is 24.2 Å². The minimum absolute atomic E-state index is 0.0770. The highest BCUT2D eigenvalue weighted by molar-refractivity contribution is 7.97. The van der Waals surface area contributed by atoms with Crippen molar-refractivity contribution in [2.45, 2.75) is 85.6 Å². The largest absolute Gasteiger partial charge is 0.481 e. The van der Waals surface area contributed by atoms with Gasteiger partial charge in [-0.25, -0.2) is 4.31 Å². The van der Waals surface area contributed by atoms with Crippen molar-refractivity contribution in [3.63, 3.8) is 0 Å². The Morgan fingerprint density at radius 1 is 1.06 bits per heavy atom. The molecule has 1 aliphatic rings. The van der Waals surface area contributed by atoms with Crippen molar-refractivity contribution in [3.05, 3.63) is 57.6 Å². The molecule has 0 saturated heterocycles. The topological polar surface area (TPSA) is 60.8 Å². The molecule has 32 heavy (non-hydrogen) atoms. The summed E-state index contributed by atoms with van der Waals surface area (Å²) >= 11 is 1.91. The molecule has 0 radical (unpaired) electrons. The number of aliphatic hydroxyl groups is 1. The Hall–Kier alpha value is -1.82. The first kappa shape index (κ1) is 26.4. The Labute approximate surface area is 198 Å². The number of aliphatic carboxylic acids is 1. The van der Waals surface area contributed by atoms with Gasteiger partial charge in [0.15, 0.2) is 0 Å². The third kappa shape index (κ3) is 7.36. The first-order chi connectivity index (χ1) is 14.8. The van der Waals surface area contributed by atoms with Crippen LogP contribution in [0.1, 0.15) is 68.0 Å². The zero-order chi connectivity index (χ0) is 24.2. The number of aryl methyl sites for hydroxylation is 1. The number of rotatable bonds is 5. The van der Waals surface area contributed by atoms with Crippen LogP contribution in [0.2, 0.25) is 0 Å². The van der Waals surface area contributed by atoms with Gasteiger partial charge in [0.25, 0.3) is 0 Å². The fraction of sp³-hybridized carbons (Fsp3) is 0.519. The van der Waals surface area contributed by atoms with Crippen molar-refractivity contribution in [1.29, 1.82) is 0 Å². The summed E-state index contributed by atoms with van der Waals surface area (Å²) in [6.45, 7) is 18.0. The van der Waals surface area contributed by atoms with Crippen LogP contribution in [0.5, 0.6) is 0 Å². The van der Waals surface area contributed by atoms with Gasteiger partial charge in [0, 0.05) is 18.3 Å². The van der Waals surface area contributed by atoms with E-state index in [9.17, 15) is 9.90 Å². The van der Waals surface area contributed by atoms with Crippen LogP contribution >= 0.6 is 11.9 Å². The van der Waals surface area contributed by atoms with E-state index in [1.807, 2.05) is 11.9 Å². The second-order valence-corrected chi connectivity index (χ2v) is 11.6. The normalized spacial score (nSPS) is 14.1. The molecule has 0 saturated carbocycles.